The summed E-state index contributed by atoms with van der Waals surface area (Å²) in [4.78, 5) is 30.1. The molecule has 0 saturated heterocycles. The van der Waals surface area contributed by atoms with Crippen molar-refractivity contribution in [2.45, 2.75) is 136 Å². The molecule has 0 aliphatic carbocycles. The van der Waals surface area contributed by atoms with E-state index in [0.29, 0.717) is 19.3 Å². The SMILES string of the molecule is CCCCCCCC(=O)O.CCCCCCCC(=O)O.CCCCCCCC(=O)O.O.[Nd]. The summed E-state index contributed by atoms with van der Waals surface area (Å²) in [7, 11) is 0. The van der Waals surface area contributed by atoms with Gasteiger partial charge in [0.15, 0.2) is 0 Å². The minimum absolute atomic E-state index is 0. The minimum atomic E-state index is -0.670. The molecule has 0 rings (SSSR count). The zero-order chi connectivity index (χ0) is 23.5. The molecule has 0 aliphatic rings. The van der Waals surface area contributed by atoms with Crippen molar-refractivity contribution in [3.8, 4) is 0 Å². The molecule has 0 saturated carbocycles. The van der Waals surface area contributed by atoms with Crippen molar-refractivity contribution in [3.63, 3.8) is 0 Å². The third-order valence-corrected chi connectivity index (χ3v) is 4.48. The monoisotopic (exact) mass is 592 g/mol. The normalized spacial score (nSPS) is 9.09. The number of carboxylic acids is 3. The van der Waals surface area contributed by atoms with Gasteiger partial charge in [0.2, 0.25) is 0 Å². The second-order valence-corrected chi connectivity index (χ2v) is 7.67. The average molecular weight is 595 g/mol. The first-order chi connectivity index (χ1) is 14.3. The molecule has 192 valence electrons. The summed E-state index contributed by atoms with van der Waals surface area (Å²) < 4.78 is 0. The summed E-state index contributed by atoms with van der Waals surface area (Å²) in [6, 6.07) is 0. The van der Waals surface area contributed by atoms with Gasteiger partial charge >= 0.3 is 17.9 Å². The summed E-state index contributed by atoms with van der Waals surface area (Å²) in [5.74, 6) is -2.01. The Balaban J connectivity index is -0.000000110. The van der Waals surface area contributed by atoms with Crippen molar-refractivity contribution in [1.29, 1.82) is 0 Å². The molecule has 0 atom stereocenters. The van der Waals surface area contributed by atoms with Gasteiger partial charge in [-0.2, -0.15) is 0 Å². The molecule has 7 nitrogen and oxygen atoms in total. The number of hydrogen-bond acceptors (Lipinski definition) is 3. The van der Waals surface area contributed by atoms with Crippen molar-refractivity contribution in [3.05, 3.63) is 0 Å². The zero-order valence-corrected chi connectivity index (χ0v) is 24.0. The van der Waals surface area contributed by atoms with Crippen LogP contribution in [0.2, 0.25) is 0 Å². The van der Waals surface area contributed by atoms with Gasteiger partial charge in [-0.05, 0) is 19.3 Å². The van der Waals surface area contributed by atoms with Crippen molar-refractivity contribution < 1.29 is 76.0 Å². The molecule has 0 fully saturated rings. The van der Waals surface area contributed by atoms with Crippen LogP contribution in [-0.4, -0.2) is 38.7 Å². The predicted molar refractivity (Wildman–Crippen MR) is 127 cm³/mol. The number of aliphatic carboxylic acids is 3. The fraction of sp³-hybridized carbons (Fsp3) is 0.875. The molecule has 0 unspecified atom stereocenters. The van der Waals surface area contributed by atoms with E-state index in [9.17, 15) is 14.4 Å². The first kappa shape index (κ1) is 41.9. The Bertz CT molecular complexity index is 333. The Morgan fingerprint density at radius 2 is 0.625 bits per heavy atom. The van der Waals surface area contributed by atoms with E-state index in [0.717, 1.165) is 38.5 Å². The van der Waals surface area contributed by atoms with E-state index in [1.54, 1.807) is 0 Å². The van der Waals surface area contributed by atoms with E-state index in [4.69, 9.17) is 15.3 Å². The summed E-state index contributed by atoms with van der Waals surface area (Å²) in [6.07, 6.45) is 17.7. The molecule has 0 bridgehead atoms. The third-order valence-electron chi connectivity index (χ3n) is 4.48. The molecule has 32 heavy (non-hydrogen) atoms. The molecule has 5 N–H and O–H groups in total. The third kappa shape index (κ3) is 57.1. The maximum absolute atomic E-state index is 10.0. The summed E-state index contributed by atoms with van der Waals surface area (Å²) >= 11 is 0. The van der Waals surface area contributed by atoms with Crippen molar-refractivity contribution in [2.24, 2.45) is 0 Å². The van der Waals surface area contributed by atoms with Gasteiger partial charge in [-0.3, -0.25) is 14.4 Å². The fourth-order valence-corrected chi connectivity index (χ4v) is 2.64. The van der Waals surface area contributed by atoms with Crippen LogP contribution >= 0.6 is 0 Å². The topological polar surface area (TPSA) is 143 Å². The zero-order valence-electron chi connectivity index (χ0n) is 20.8. The van der Waals surface area contributed by atoms with Crippen molar-refractivity contribution in [1.82, 2.24) is 0 Å². The Labute approximate surface area is 229 Å². The number of rotatable bonds is 18. The Hall–Kier alpha value is -0.279. The first-order valence-electron chi connectivity index (χ1n) is 12.0. The Morgan fingerprint density at radius 3 is 0.781 bits per heavy atom. The van der Waals surface area contributed by atoms with E-state index in [-0.39, 0.29) is 46.3 Å². The smallest absolute Gasteiger partial charge is 0.303 e. The first-order valence-corrected chi connectivity index (χ1v) is 12.0. The van der Waals surface area contributed by atoms with Crippen LogP contribution in [0.5, 0.6) is 0 Å². The van der Waals surface area contributed by atoms with Gasteiger partial charge in [0.05, 0.1) is 0 Å². The number of carbonyl (C=O) groups is 3. The fourth-order valence-electron chi connectivity index (χ4n) is 2.64. The largest absolute Gasteiger partial charge is 0.481 e. The summed E-state index contributed by atoms with van der Waals surface area (Å²) in [5.41, 5.74) is 0. The van der Waals surface area contributed by atoms with Gasteiger partial charge in [0, 0.05) is 60.1 Å². The maximum atomic E-state index is 10.0. The van der Waals surface area contributed by atoms with Crippen molar-refractivity contribution in [2.75, 3.05) is 0 Å². The van der Waals surface area contributed by atoms with Gasteiger partial charge in [-0.1, -0.05) is 97.8 Å². The van der Waals surface area contributed by atoms with Gasteiger partial charge < -0.3 is 20.8 Å². The molecule has 0 radical (unpaired) electrons. The van der Waals surface area contributed by atoms with Crippen LogP contribution in [-0.2, 0) is 14.4 Å². The van der Waals surface area contributed by atoms with Gasteiger partial charge in [-0.25, -0.2) is 0 Å². The second-order valence-electron chi connectivity index (χ2n) is 7.67. The van der Waals surface area contributed by atoms with Crippen LogP contribution in [0.1, 0.15) is 136 Å². The van der Waals surface area contributed by atoms with Gasteiger partial charge in [-0.15, -0.1) is 0 Å². The van der Waals surface area contributed by atoms with Crippen LogP contribution < -0.4 is 0 Å². The second kappa shape index (κ2) is 38.0. The summed E-state index contributed by atoms with van der Waals surface area (Å²) in [5, 5.41) is 24.8. The molecule has 0 aromatic rings. The minimum Gasteiger partial charge on any atom is -0.481 e. The van der Waals surface area contributed by atoms with Crippen LogP contribution in [0.25, 0.3) is 0 Å². The Kier molecular flexibility index (Phi) is 49.8. The molecular formula is C24H50NdO7. The molecule has 0 heterocycles. The number of carboxylic acid groups (broad SMARTS) is 3. The molecule has 0 amide bonds. The van der Waals surface area contributed by atoms with Gasteiger partial charge in [0.1, 0.15) is 0 Å². The molecule has 0 spiro atoms. The van der Waals surface area contributed by atoms with Crippen LogP contribution in [0.3, 0.4) is 0 Å². The maximum Gasteiger partial charge on any atom is 0.303 e. The molecule has 8 heteroatoms. The number of hydrogen-bond donors (Lipinski definition) is 3. The number of unbranched alkanes of at least 4 members (excludes halogenated alkanes) is 12. The van der Waals surface area contributed by atoms with Crippen molar-refractivity contribution >= 4 is 17.9 Å². The van der Waals surface area contributed by atoms with E-state index in [1.165, 1.54) is 57.8 Å². The van der Waals surface area contributed by atoms with Crippen LogP contribution in [0, 0.1) is 40.8 Å². The molecule has 0 aliphatic heterocycles. The molecule has 0 aromatic carbocycles. The van der Waals surface area contributed by atoms with Crippen LogP contribution in [0.15, 0.2) is 0 Å². The van der Waals surface area contributed by atoms with E-state index in [2.05, 4.69) is 20.8 Å². The van der Waals surface area contributed by atoms with E-state index >= 15 is 0 Å². The molecule has 0 aromatic heterocycles. The quantitative estimate of drug-likeness (QED) is 0.155. The van der Waals surface area contributed by atoms with Crippen LogP contribution in [0.4, 0.5) is 0 Å². The van der Waals surface area contributed by atoms with Gasteiger partial charge in [0.25, 0.3) is 0 Å². The van der Waals surface area contributed by atoms with E-state index in [1.807, 2.05) is 0 Å². The summed E-state index contributed by atoms with van der Waals surface area (Å²) in [6.45, 7) is 6.45. The Morgan fingerprint density at radius 1 is 0.438 bits per heavy atom. The molecular weight excluding hydrogens is 544 g/mol. The average Bonchev–Trinajstić information content (AvgIpc) is 2.68. The predicted octanol–water partition coefficient (Wildman–Crippen LogP) is 6.47. The van der Waals surface area contributed by atoms with E-state index < -0.39 is 17.9 Å². The standard InChI is InChI=1S/3C8H16O2.Nd.H2O/c3*1-2-3-4-5-6-7-8(9)10;;/h3*2-7H2,1H3,(H,9,10);;1H2.